The SMILES string of the molecule is O=[C]CCC(F)(F)C(F)(F)C(F)(F)C(F)(F)C(F)(F)C(F)(F)C(F)(F)C(F)(F)F. The van der Waals surface area contributed by atoms with E-state index < -0.39 is 60.5 Å². The van der Waals surface area contributed by atoms with E-state index in [-0.39, 0.29) is 0 Å². The highest BCUT2D eigenvalue weighted by atomic mass is 19.4. The van der Waals surface area contributed by atoms with Crippen molar-refractivity contribution < 1.29 is 79.4 Å². The van der Waals surface area contributed by atoms with Gasteiger partial charge in [-0.25, -0.2) is 0 Å². The summed E-state index contributed by atoms with van der Waals surface area (Å²) in [6.45, 7) is 0. The number of rotatable bonds is 9. The van der Waals surface area contributed by atoms with E-state index in [0.717, 1.165) is 0 Å². The number of hydrogen-bond donors (Lipinski definition) is 0. The van der Waals surface area contributed by atoms with Crippen LogP contribution in [-0.4, -0.2) is 53.9 Å². The summed E-state index contributed by atoms with van der Waals surface area (Å²) >= 11 is 0. The molecule has 0 N–H and O–H groups in total. The molecule has 173 valence electrons. The van der Waals surface area contributed by atoms with Gasteiger partial charge >= 0.3 is 47.6 Å². The predicted octanol–water partition coefficient (Wildman–Crippen LogP) is 5.89. The van der Waals surface area contributed by atoms with E-state index in [4.69, 9.17) is 0 Å². The van der Waals surface area contributed by atoms with Gasteiger partial charge in [0.05, 0.1) is 0 Å². The first-order valence-electron chi connectivity index (χ1n) is 6.37. The molecule has 0 aromatic rings. The number of alkyl halides is 17. The molecule has 18 heteroatoms. The Bertz CT molecular complexity index is 601. The van der Waals surface area contributed by atoms with E-state index in [9.17, 15) is 79.4 Å². The normalized spacial score (nSPS) is 16.2. The third-order valence-electron chi connectivity index (χ3n) is 3.33. The number of carbonyl (C=O) groups excluding carboxylic acids is 1. The summed E-state index contributed by atoms with van der Waals surface area (Å²) in [4.78, 5) is 9.67. The van der Waals surface area contributed by atoms with Crippen LogP contribution in [-0.2, 0) is 4.79 Å². The fourth-order valence-corrected chi connectivity index (χ4v) is 1.56. The lowest BCUT2D eigenvalue weighted by Crippen LogP contribution is -2.74. The van der Waals surface area contributed by atoms with Crippen molar-refractivity contribution in [2.24, 2.45) is 0 Å². The number of halogens is 17. The van der Waals surface area contributed by atoms with E-state index >= 15 is 0 Å². The van der Waals surface area contributed by atoms with Crippen LogP contribution in [0, 0.1) is 0 Å². The zero-order valence-corrected chi connectivity index (χ0v) is 12.7. The Morgan fingerprint density at radius 2 is 0.724 bits per heavy atom. The molecule has 0 atom stereocenters. The average molecular weight is 475 g/mol. The summed E-state index contributed by atoms with van der Waals surface area (Å²) in [5, 5.41) is 0. The minimum atomic E-state index is -8.64. The second-order valence-corrected chi connectivity index (χ2v) is 5.29. The van der Waals surface area contributed by atoms with E-state index in [1.165, 1.54) is 0 Å². The average Bonchev–Trinajstić information content (AvgIpc) is 2.50. The minimum Gasteiger partial charge on any atom is -0.291 e. The van der Waals surface area contributed by atoms with Crippen LogP contribution >= 0.6 is 0 Å². The smallest absolute Gasteiger partial charge is 0.291 e. The molecule has 0 aliphatic carbocycles. The zero-order valence-electron chi connectivity index (χ0n) is 12.7. The van der Waals surface area contributed by atoms with Gasteiger partial charge in [-0.2, -0.15) is 74.6 Å². The molecular formula is C11H4F17O. The Morgan fingerprint density at radius 3 is 1.00 bits per heavy atom. The Hall–Kier alpha value is -1.52. The molecule has 0 aromatic carbocycles. The monoisotopic (exact) mass is 475 g/mol. The van der Waals surface area contributed by atoms with Crippen LogP contribution in [0.2, 0.25) is 0 Å². The van der Waals surface area contributed by atoms with Gasteiger partial charge in [-0.15, -0.1) is 0 Å². The fourth-order valence-electron chi connectivity index (χ4n) is 1.56. The van der Waals surface area contributed by atoms with E-state index in [0.29, 0.717) is 6.29 Å². The van der Waals surface area contributed by atoms with Crippen molar-refractivity contribution in [2.45, 2.75) is 60.5 Å². The molecule has 1 radical (unpaired) electrons. The Labute approximate surface area is 147 Å². The van der Waals surface area contributed by atoms with E-state index in [1.54, 1.807) is 0 Å². The summed E-state index contributed by atoms with van der Waals surface area (Å²) < 4.78 is 217. The standard InChI is InChI=1S/C11H4F17O/c12-4(13,2-1-3-29)5(14,15)6(16,17)7(18,19)8(20,21)9(22,23)10(24,25)11(26,27)28/h1-2H2. The predicted molar refractivity (Wildman–Crippen MR) is 55.6 cm³/mol. The molecule has 0 heterocycles. The van der Waals surface area contributed by atoms with Crippen molar-refractivity contribution >= 4 is 6.29 Å². The van der Waals surface area contributed by atoms with Gasteiger partial charge in [-0.1, -0.05) is 0 Å². The first kappa shape index (κ1) is 27.5. The van der Waals surface area contributed by atoms with Crippen molar-refractivity contribution in [3.8, 4) is 0 Å². The second-order valence-electron chi connectivity index (χ2n) is 5.29. The maximum atomic E-state index is 13.2. The van der Waals surface area contributed by atoms with Crippen molar-refractivity contribution in [1.29, 1.82) is 0 Å². The molecule has 0 bridgehead atoms. The summed E-state index contributed by atoms with van der Waals surface area (Å²) in [6.07, 6.45) is -12.1. The van der Waals surface area contributed by atoms with Gasteiger partial charge in [-0.05, 0) is 0 Å². The molecule has 1 nitrogen and oxygen atoms in total. The van der Waals surface area contributed by atoms with Crippen molar-refractivity contribution in [1.82, 2.24) is 0 Å². The molecule has 0 saturated heterocycles. The number of hydrogen-bond acceptors (Lipinski definition) is 1. The van der Waals surface area contributed by atoms with E-state index in [1.807, 2.05) is 0 Å². The van der Waals surface area contributed by atoms with Crippen LogP contribution < -0.4 is 0 Å². The molecule has 0 unspecified atom stereocenters. The topological polar surface area (TPSA) is 17.1 Å². The van der Waals surface area contributed by atoms with Crippen LogP contribution in [0.3, 0.4) is 0 Å². The lowest BCUT2D eigenvalue weighted by atomic mass is 9.88. The Balaban J connectivity index is 6.61. The second kappa shape index (κ2) is 7.02. The van der Waals surface area contributed by atoms with Gasteiger partial charge in [0.2, 0.25) is 0 Å². The molecule has 0 aliphatic rings. The highest BCUT2D eigenvalue weighted by Gasteiger charge is 2.95. The van der Waals surface area contributed by atoms with Crippen LogP contribution in [0.25, 0.3) is 0 Å². The largest absolute Gasteiger partial charge is 0.460 e. The minimum absolute atomic E-state index is 0.389. The molecule has 0 saturated carbocycles. The van der Waals surface area contributed by atoms with Gasteiger partial charge < -0.3 is 0 Å². The molecular weight excluding hydrogens is 471 g/mol. The van der Waals surface area contributed by atoms with Crippen LogP contribution in [0.15, 0.2) is 0 Å². The van der Waals surface area contributed by atoms with Gasteiger partial charge in [-0.3, -0.25) is 4.79 Å². The van der Waals surface area contributed by atoms with Gasteiger partial charge in [0.25, 0.3) is 0 Å². The summed E-state index contributed by atoms with van der Waals surface area (Å²) in [7, 11) is 0. The zero-order chi connectivity index (χ0) is 24.1. The summed E-state index contributed by atoms with van der Waals surface area (Å²) in [5.74, 6) is -56.5. The van der Waals surface area contributed by atoms with Crippen molar-refractivity contribution in [3.63, 3.8) is 0 Å². The van der Waals surface area contributed by atoms with Gasteiger partial charge in [0, 0.05) is 12.8 Å². The maximum Gasteiger partial charge on any atom is 0.460 e. The Morgan fingerprint density at radius 1 is 0.448 bits per heavy atom. The summed E-state index contributed by atoms with van der Waals surface area (Å²) in [5.41, 5.74) is 0. The highest BCUT2D eigenvalue weighted by Crippen LogP contribution is 2.64. The van der Waals surface area contributed by atoms with Gasteiger partial charge in [0.15, 0.2) is 6.29 Å². The quantitative estimate of drug-likeness (QED) is 0.381. The van der Waals surface area contributed by atoms with Crippen LogP contribution in [0.1, 0.15) is 12.8 Å². The Kier molecular flexibility index (Phi) is 6.65. The van der Waals surface area contributed by atoms with Crippen molar-refractivity contribution in [2.75, 3.05) is 0 Å². The highest BCUT2D eigenvalue weighted by molar-refractivity contribution is 5.50. The fraction of sp³-hybridized carbons (Fsp3) is 0.909. The molecule has 0 fully saturated rings. The molecule has 0 aromatic heterocycles. The van der Waals surface area contributed by atoms with Crippen molar-refractivity contribution in [3.05, 3.63) is 0 Å². The van der Waals surface area contributed by atoms with Gasteiger partial charge in [0.1, 0.15) is 0 Å². The third kappa shape index (κ3) is 3.59. The molecule has 29 heavy (non-hydrogen) atoms. The molecule has 0 rings (SSSR count). The molecule has 0 amide bonds. The summed E-state index contributed by atoms with van der Waals surface area (Å²) in [6, 6.07) is 0. The maximum absolute atomic E-state index is 13.2. The van der Waals surface area contributed by atoms with Crippen LogP contribution in [0.4, 0.5) is 74.6 Å². The van der Waals surface area contributed by atoms with E-state index in [2.05, 4.69) is 0 Å². The molecule has 0 aliphatic heterocycles. The lowest BCUT2D eigenvalue weighted by molar-refractivity contribution is -0.461. The lowest BCUT2D eigenvalue weighted by Gasteiger charge is -2.42. The van der Waals surface area contributed by atoms with Crippen LogP contribution in [0.5, 0.6) is 0 Å². The first-order valence-corrected chi connectivity index (χ1v) is 6.37. The third-order valence-corrected chi connectivity index (χ3v) is 3.33. The first-order chi connectivity index (χ1) is 12.3. The molecule has 0 spiro atoms.